The van der Waals surface area contributed by atoms with Gasteiger partial charge in [0.05, 0.1) is 29.9 Å². The molecule has 0 saturated carbocycles. The van der Waals surface area contributed by atoms with Crippen LogP contribution in [0.2, 0.25) is 0 Å². The van der Waals surface area contributed by atoms with E-state index in [0.29, 0.717) is 22.8 Å². The molecule has 0 N–H and O–H groups in total. The molecule has 1 aromatic rings. The fourth-order valence-electron chi connectivity index (χ4n) is 3.04. The minimum Gasteiger partial charge on any atom is -0.285 e. The highest BCUT2D eigenvalue weighted by Crippen LogP contribution is 2.38. The molecule has 3 rings (SSSR count). The van der Waals surface area contributed by atoms with Crippen molar-refractivity contribution in [1.82, 2.24) is 4.90 Å². The van der Waals surface area contributed by atoms with Gasteiger partial charge < -0.3 is 0 Å². The van der Waals surface area contributed by atoms with Crippen LogP contribution >= 0.6 is 11.6 Å². The number of carbonyl (C=O) groups excluding carboxylic acids is 2. The number of halogens is 1. The Labute approximate surface area is 148 Å². The molecule has 2 aliphatic rings. The van der Waals surface area contributed by atoms with E-state index in [1.807, 2.05) is 19.1 Å². The summed E-state index contributed by atoms with van der Waals surface area (Å²) >= 11 is 4.37. The van der Waals surface area contributed by atoms with E-state index < -0.39 is 11.1 Å². The second kappa shape index (κ2) is 7.17. The third-order valence-electron chi connectivity index (χ3n) is 4.38. The van der Waals surface area contributed by atoms with Gasteiger partial charge in [0.25, 0.3) is 0 Å². The lowest BCUT2D eigenvalue weighted by Gasteiger charge is -2.17. The van der Waals surface area contributed by atoms with Gasteiger partial charge in [-0.05, 0) is 31.9 Å². The number of aryl methyl sites for hydroxylation is 1. The van der Waals surface area contributed by atoms with Crippen LogP contribution in [0.5, 0.6) is 0 Å². The summed E-state index contributed by atoms with van der Waals surface area (Å²) in [4.78, 5) is 26.5. The largest absolute Gasteiger partial charge is 0.285 e. The van der Waals surface area contributed by atoms with Crippen molar-refractivity contribution in [3.8, 4) is 0 Å². The summed E-state index contributed by atoms with van der Waals surface area (Å²) < 4.78 is 17.3. The lowest BCUT2D eigenvalue weighted by atomic mass is 9.85. The van der Waals surface area contributed by atoms with Crippen LogP contribution < -0.4 is 0 Å². The second-order valence-corrected chi connectivity index (χ2v) is 7.66. The zero-order valence-corrected chi connectivity index (χ0v) is 14.8. The summed E-state index contributed by atoms with van der Waals surface area (Å²) in [6.07, 6.45) is 2.73. The SMILES string of the molecule is Cc1ccc(S(=O)OCCN2C(=O)C3CC=C(Cl)CC3C2=O)cc1. The zero-order valence-electron chi connectivity index (χ0n) is 13.2. The number of nitrogens with zero attached hydrogens (tertiary/aromatic N) is 1. The lowest BCUT2D eigenvalue weighted by molar-refractivity contribution is -0.140. The van der Waals surface area contributed by atoms with Gasteiger partial charge >= 0.3 is 0 Å². The number of hydrogen-bond donors (Lipinski definition) is 0. The molecule has 1 aromatic carbocycles. The molecule has 1 aliphatic carbocycles. The number of hydrogen-bond acceptors (Lipinski definition) is 4. The third-order valence-corrected chi connectivity index (χ3v) is 5.73. The van der Waals surface area contributed by atoms with Crippen LogP contribution in [0.25, 0.3) is 0 Å². The molecule has 0 bridgehead atoms. The first-order valence-electron chi connectivity index (χ1n) is 7.79. The highest BCUT2D eigenvalue weighted by atomic mass is 35.5. The van der Waals surface area contributed by atoms with Crippen LogP contribution in [0.4, 0.5) is 0 Å². The van der Waals surface area contributed by atoms with E-state index in [-0.39, 0.29) is 36.8 Å². The monoisotopic (exact) mass is 367 g/mol. The van der Waals surface area contributed by atoms with Crippen molar-refractivity contribution in [2.75, 3.05) is 13.2 Å². The van der Waals surface area contributed by atoms with E-state index in [9.17, 15) is 13.8 Å². The van der Waals surface area contributed by atoms with Gasteiger partial charge in [-0.2, -0.15) is 0 Å². The zero-order chi connectivity index (χ0) is 17.3. The van der Waals surface area contributed by atoms with Crippen LogP contribution in [0.3, 0.4) is 0 Å². The topological polar surface area (TPSA) is 63.7 Å². The van der Waals surface area contributed by atoms with Crippen LogP contribution in [0, 0.1) is 18.8 Å². The van der Waals surface area contributed by atoms with Crippen molar-refractivity contribution < 1.29 is 18.0 Å². The number of carbonyl (C=O) groups is 2. The summed E-state index contributed by atoms with van der Waals surface area (Å²) in [6.45, 7) is 2.09. The maximum Gasteiger partial charge on any atom is 0.233 e. The van der Waals surface area contributed by atoms with Crippen molar-refractivity contribution in [2.45, 2.75) is 24.7 Å². The molecule has 1 heterocycles. The van der Waals surface area contributed by atoms with Gasteiger partial charge in [-0.15, -0.1) is 0 Å². The van der Waals surface area contributed by atoms with Crippen LogP contribution in [0.15, 0.2) is 40.3 Å². The summed E-state index contributed by atoms with van der Waals surface area (Å²) in [6, 6.07) is 7.18. The molecule has 5 nitrogen and oxygen atoms in total. The van der Waals surface area contributed by atoms with Crippen molar-refractivity contribution in [1.29, 1.82) is 0 Å². The average Bonchev–Trinajstić information content (AvgIpc) is 2.79. The summed E-state index contributed by atoms with van der Waals surface area (Å²) in [5, 5.41) is 0.635. The molecule has 0 aromatic heterocycles. The van der Waals surface area contributed by atoms with E-state index in [1.165, 1.54) is 4.90 Å². The van der Waals surface area contributed by atoms with Crippen LogP contribution in [-0.2, 0) is 24.9 Å². The Morgan fingerprint density at radius 1 is 1.21 bits per heavy atom. The summed E-state index contributed by atoms with van der Waals surface area (Å²) in [7, 11) is 0. The maximum atomic E-state index is 12.4. The van der Waals surface area contributed by atoms with Gasteiger partial charge in [0.1, 0.15) is 0 Å². The molecular formula is C17H18ClNO4S. The lowest BCUT2D eigenvalue weighted by Crippen LogP contribution is -2.34. The second-order valence-electron chi connectivity index (χ2n) is 6.00. The first-order chi connectivity index (χ1) is 11.5. The number of likely N-dealkylation sites (tertiary alicyclic amines) is 1. The molecule has 1 fully saturated rings. The molecular weight excluding hydrogens is 350 g/mol. The number of rotatable bonds is 5. The van der Waals surface area contributed by atoms with Crippen molar-refractivity contribution in [3.63, 3.8) is 0 Å². The highest BCUT2D eigenvalue weighted by molar-refractivity contribution is 7.80. The normalized spacial score (nSPS) is 24.8. The van der Waals surface area contributed by atoms with E-state index in [4.69, 9.17) is 15.8 Å². The molecule has 3 atom stereocenters. The van der Waals surface area contributed by atoms with Gasteiger partial charge in [0.2, 0.25) is 11.8 Å². The quantitative estimate of drug-likeness (QED) is 0.750. The van der Waals surface area contributed by atoms with E-state index in [1.54, 1.807) is 18.2 Å². The Morgan fingerprint density at radius 2 is 1.88 bits per heavy atom. The maximum absolute atomic E-state index is 12.4. The third kappa shape index (κ3) is 3.45. The number of allylic oxidation sites excluding steroid dienone is 2. The average molecular weight is 368 g/mol. The summed E-state index contributed by atoms with van der Waals surface area (Å²) in [5.74, 6) is -1.07. The molecule has 1 aliphatic heterocycles. The van der Waals surface area contributed by atoms with Crippen LogP contribution in [0.1, 0.15) is 18.4 Å². The molecule has 128 valence electrons. The van der Waals surface area contributed by atoms with Gasteiger partial charge in [-0.1, -0.05) is 35.4 Å². The highest BCUT2D eigenvalue weighted by Gasteiger charge is 2.48. The van der Waals surface area contributed by atoms with Gasteiger partial charge in [-0.25, -0.2) is 4.21 Å². The van der Waals surface area contributed by atoms with Gasteiger partial charge in [-0.3, -0.25) is 18.7 Å². The van der Waals surface area contributed by atoms with E-state index >= 15 is 0 Å². The standard InChI is InChI=1S/C17H18ClNO4S/c1-11-2-5-13(6-3-11)24(22)23-9-8-19-16(20)14-7-4-12(18)10-15(14)17(19)21/h2-6,14-15H,7-10H2,1H3. The molecule has 0 radical (unpaired) electrons. The van der Waals surface area contributed by atoms with Crippen LogP contribution in [-0.4, -0.2) is 34.1 Å². The molecule has 1 saturated heterocycles. The number of imide groups is 1. The Morgan fingerprint density at radius 3 is 2.58 bits per heavy atom. The predicted octanol–water partition coefficient (Wildman–Crippen LogP) is 2.55. The van der Waals surface area contributed by atoms with Crippen molar-refractivity contribution in [3.05, 3.63) is 40.9 Å². The Bertz CT molecular complexity index is 716. The Hall–Kier alpha value is -1.50. The fraction of sp³-hybridized carbons (Fsp3) is 0.412. The first kappa shape index (κ1) is 17.3. The molecule has 7 heteroatoms. The number of benzene rings is 1. The van der Waals surface area contributed by atoms with Crippen molar-refractivity contribution in [2.24, 2.45) is 11.8 Å². The van der Waals surface area contributed by atoms with Gasteiger partial charge in [0, 0.05) is 5.03 Å². The Balaban J connectivity index is 1.55. The fourth-order valence-corrected chi connectivity index (χ4v) is 4.01. The minimum absolute atomic E-state index is 0.0402. The van der Waals surface area contributed by atoms with Gasteiger partial charge in [0.15, 0.2) is 11.1 Å². The van der Waals surface area contributed by atoms with E-state index in [0.717, 1.165) is 5.56 Å². The first-order valence-corrected chi connectivity index (χ1v) is 9.24. The summed E-state index contributed by atoms with van der Waals surface area (Å²) in [5.41, 5.74) is 1.07. The minimum atomic E-state index is -1.61. The van der Waals surface area contributed by atoms with Crippen molar-refractivity contribution >= 4 is 34.5 Å². The number of amides is 2. The molecule has 2 amide bonds. The number of fused-ring (bicyclic) bond motifs is 1. The molecule has 24 heavy (non-hydrogen) atoms. The molecule has 0 spiro atoms. The van der Waals surface area contributed by atoms with E-state index in [2.05, 4.69) is 0 Å². The molecule has 3 unspecified atom stereocenters. The smallest absolute Gasteiger partial charge is 0.233 e. The predicted molar refractivity (Wildman–Crippen MR) is 90.4 cm³/mol. The Kier molecular flexibility index (Phi) is 5.18.